The summed E-state index contributed by atoms with van der Waals surface area (Å²) in [6, 6.07) is 6.33. The third kappa shape index (κ3) is 2.12. The van der Waals surface area contributed by atoms with Crippen LogP contribution >= 0.6 is 0 Å². The average Bonchev–Trinajstić information content (AvgIpc) is 2.81. The van der Waals surface area contributed by atoms with Crippen LogP contribution in [0.3, 0.4) is 0 Å². The van der Waals surface area contributed by atoms with E-state index in [0.717, 1.165) is 25.3 Å². The minimum atomic E-state index is -0.515. The summed E-state index contributed by atoms with van der Waals surface area (Å²) < 4.78 is 0. The van der Waals surface area contributed by atoms with Gasteiger partial charge in [0.1, 0.15) is 0 Å². The molecule has 2 saturated heterocycles. The predicted octanol–water partition coefficient (Wildman–Crippen LogP) is 1.50. The molecular formula is C16H19N3O2. The van der Waals surface area contributed by atoms with Crippen molar-refractivity contribution in [1.29, 1.82) is 0 Å². The molecule has 1 aromatic carbocycles. The largest absolute Gasteiger partial charge is 0.369 e. The Labute approximate surface area is 123 Å². The highest BCUT2D eigenvalue weighted by molar-refractivity contribution is 6.51. The minimum Gasteiger partial charge on any atom is -0.369 e. The maximum Gasteiger partial charge on any atom is 0.296 e. The number of carbonyl (C=O) groups excluding carboxylic acids is 2. The highest BCUT2D eigenvalue weighted by Gasteiger charge is 2.31. The van der Waals surface area contributed by atoms with Gasteiger partial charge in [-0.3, -0.25) is 14.5 Å². The van der Waals surface area contributed by atoms with Crippen molar-refractivity contribution in [3.8, 4) is 0 Å². The van der Waals surface area contributed by atoms with Crippen molar-refractivity contribution in [3.63, 3.8) is 0 Å². The fourth-order valence-corrected chi connectivity index (χ4v) is 3.72. The van der Waals surface area contributed by atoms with E-state index in [0.29, 0.717) is 17.3 Å². The van der Waals surface area contributed by atoms with Crippen molar-refractivity contribution in [2.24, 2.45) is 0 Å². The van der Waals surface area contributed by atoms with E-state index < -0.39 is 11.7 Å². The zero-order valence-electron chi connectivity index (χ0n) is 12.0. The van der Waals surface area contributed by atoms with Crippen LogP contribution in [0.1, 0.15) is 29.6 Å². The fourth-order valence-electron chi connectivity index (χ4n) is 3.72. The van der Waals surface area contributed by atoms with Gasteiger partial charge in [0.25, 0.3) is 11.7 Å². The molecule has 4 rings (SSSR count). The van der Waals surface area contributed by atoms with E-state index in [1.165, 1.54) is 25.8 Å². The number of rotatable bonds is 1. The Morgan fingerprint density at radius 3 is 2.90 bits per heavy atom. The van der Waals surface area contributed by atoms with E-state index in [1.54, 1.807) is 6.07 Å². The summed E-state index contributed by atoms with van der Waals surface area (Å²) in [4.78, 5) is 28.0. The first-order valence-corrected chi connectivity index (χ1v) is 7.71. The van der Waals surface area contributed by atoms with E-state index >= 15 is 0 Å². The third-order valence-corrected chi connectivity index (χ3v) is 4.90. The van der Waals surface area contributed by atoms with E-state index in [9.17, 15) is 9.59 Å². The number of amides is 1. The number of fused-ring (bicyclic) bond motifs is 2. The van der Waals surface area contributed by atoms with Crippen LogP contribution in [0.5, 0.6) is 0 Å². The van der Waals surface area contributed by atoms with E-state index in [1.807, 2.05) is 12.1 Å². The Hall–Kier alpha value is -1.88. The molecular weight excluding hydrogens is 266 g/mol. The highest BCUT2D eigenvalue weighted by Crippen LogP contribution is 2.30. The van der Waals surface area contributed by atoms with Crippen LogP contribution in [0.25, 0.3) is 0 Å². The van der Waals surface area contributed by atoms with Crippen LogP contribution in [-0.2, 0) is 4.79 Å². The normalized spacial score (nSPS) is 25.5. The molecule has 3 aliphatic rings. The molecule has 0 saturated carbocycles. The maximum absolute atomic E-state index is 11.6. The van der Waals surface area contributed by atoms with Gasteiger partial charge in [-0.2, -0.15) is 0 Å². The number of piperazine rings is 1. The van der Waals surface area contributed by atoms with Gasteiger partial charge >= 0.3 is 0 Å². The van der Waals surface area contributed by atoms with Crippen LogP contribution in [0, 0.1) is 0 Å². The maximum atomic E-state index is 11.6. The monoisotopic (exact) mass is 285 g/mol. The number of Topliss-reactive ketones (excluding diaryl/α,β-unsaturated/α-hetero) is 1. The molecule has 1 N–H and O–H groups in total. The van der Waals surface area contributed by atoms with Crippen LogP contribution in [0.4, 0.5) is 11.4 Å². The number of anilines is 2. The second-order valence-corrected chi connectivity index (χ2v) is 6.14. The summed E-state index contributed by atoms with van der Waals surface area (Å²) in [5, 5.41) is 2.66. The van der Waals surface area contributed by atoms with E-state index in [4.69, 9.17) is 0 Å². The molecule has 1 unspecified atom stereocenters. The van der Waals surface area contributed by atoms with Gasteiger partial charge in [-0.05, 0) is 37.6 Å². The zero-order chi connectivity index (χ0) is 14.4. The molecule has 0 aromatic heterocycles. The van der Waals surface area contributed by atoms with Crippen LogP contribution in [0.15, 0.2) is 18.2 Å². The molecule has 3 aliphatic heterocycles. The first-order valence-electron chi connectivity index (χ1n) is 7.71. The molecule has 2 fully saturated rings. The van der Waals surface area contributed by atoms with Crippen molar-refractivity contribution < 1.29 is 9.59 Å². The van der Waals surface area contributed by atoms with Crippen molar-refractivity contribution in [3.05, 3.63) is 23.8 Å². The summed E-state index contributed by atoms with van der Waals surface area (Å²) >= 11 is 0. The first kappa shape index (κ1) is 12.8. The van der Waals surface area contributed by atoms with Crippen LogP contribution < -0.4 is 10.2 Å². The lowest BCUT2D eigenvalue weighted by Gasteiger charge is -2.45. The molecule has 21 heavy (non-hydrogen) atoms. The number of nitrogens with zero attached hydrogens (tertiary/aromatic N) is 2. The van der Waals surface area contributed by atoms with E-state index in [-0.39, 0.29) is 0 Å². The van der Waals surface area contributed by atoms with Gasteiger partial charge in [0, 0.05) is 31.4 Å². The highest BCUT2D eigenvalue weighted by atomic mass is 16.2. The number of ketones is 1. The van der Waals surface area contributed by atoms with Gasteiger partial charge in [0.15, 0.2) is 0 Å². The molecule has 0 aliphatic carbocycles. The van der Waals surface area contributed by atoms with Gasteiger partial charge in [-0.15, -0.1) is 0 Å². The minimum absolute atomic E-state index is 0.423. The lowest BCUT2D eigenvalue weighted by Crippen LogP contribution is -2.54. The van der Waals surface area contributed by atoms with Crippen molar-refractivity contribution in [2.45, 2.75) is 25.3 Å². The quantitative estimate of drug-likeness (QED) is 0.794. The molecule has 5 heteroatoms. The molecule has 1 atom stereocenters. The lowest BCUT2D eigenvalue weighted by molar-refractivity contribution is -0.112. The molecule has 5 nitrogen and oxygen atoms in total. The van der Waals surface area contributed by atoms with Crippen molar-refractivity contribution in [2.75, 3.05) is 36.4 Å². The number of hydrogen-bond acceptors (Lipinski definition) is 4. The van der Waals surface area contributed by atoms with Crippen LogP contribution in [0.2, 0.25) is 0 Å². The Morgan fingerprint density at radius 2 is 2.00 bits per heavy atom. The van der Waals surface area contributed by atoms with E-state index in [2.05, 4.69) is 15.1 Å². The summed E-state index contributed by atoms with van der Waals surface area (Å²) in [5.41, 5.74) is 2.27. The predicted molar refractivity (Wildman–Crippen MR) is 80.8 cm³/mol. The molecule has 0 radical (unpaired) electrons. The number of piperidine rings is 1. The van der Waals surface area contributed by atoms with Gasteiger partial charge in [0.05, 0.1) is 11.3 Å². The molecule has 3 heterocycles. The van der Waals surface area contributed by atoms with Gasteiger partial charge < -0.3 is 10.2 Å². The molecule has 1 aromatic rings. The molecule has 110 valence electrons. The number of benzene rings is 1. The fraction of sp³-hybridized carbons (Fsp3) is 0.500. The van der Waals surface area contributed by atoms with Gasteiger partial charge in [0.2, 0.25) is 0 Å². The lowest BCUT2D eigenvalue weighted by atomic mass is 9.99. The third-order valence-electron chi connectivity index (χ3n) is 4.90. The topological polar surface area (TPSA) is 52.7 Å². The smallest absolute Gasteiger partial charge is 0.296 e. The average molecular weight is 285 g/mol. The SMILES string of the molecule is O=C1Nc2cc(N3CCN4CCCCC4C3)ccc2C1=O. The zero-order valence-corrected chi connectivity index (χ0v) is 12.0. The summed E-state index contributed by atoms with van der Waals surface area (Å²) in [5.74, 6) is -0.937. The first-order chi connectivity index (χ1) is 10.2. The number of nitrogens with one attached hydrogen (secondary N) is 1. The molecule has 0 spiro atoms. The summed E-state index contributed by atoms with van der Waals surface area (Å²) in [6.07, 6.45) is 3.92. The Balaban J connectivity index is 1.56. The summed E-state index contributed by atoms with van der Waals surface area (Å²) in [6.45, 7) is 4.39. The van der Waals surface area contributed by atoms with Gasteiger partial charge in [-0.1, -0.05) is 6.42 Å². The van der Waals surface area contributed by atoms with Crippen molar-refractivity contribution in [1.82, 2.24) is 4.90 Å². The molecule has 0 bridgehead atoms. The Bertz CT molecular complexity index is 614. The van der Waals surface area contributed by atoms with Gasteiger partial charge in [-0.25, -0.2) is 0 Å². The molecule has 1 amide bonds. The number of carbonyl (C=O) groups is 2. The second kappa shape index (κ2) is 4.84. The Morgan fingerprint density at radius 1 is 1.10 bits per heavy atom. The standard InChI is InChI=1S/C16H19N3O2/c20-15-13-5-4-11(9-14(13)17-16(15)21)19-8-7-18-6-2-1-3-12(18)10-19/h4-5,9,12H,1-3,6-8,10H2,(H,17,20,21). The van der Waals surface area contributed by atoms with Crippen molar-refractivity contribution >= 4 is 23.1 Å². The summed E-state index contributed by atoms with van der Waals surface area (Å²) in [7, 11) is 0. The van der Waals surface area contributed by atoms with Crippen LogP contribution in [-0.4, -0.2) is 48.8 Å². The second-order valence-electron chi connectivity index (χ2n) is 6.14. The number of hydrogen-bond donors (Lipinski definition) is 1. The Kier molecular flexibility index (Phi) is 2.96.